The third-order valence-corrected chi connectivity index (χ3v) is 7.15. The van der Waals surface area contributed by atoms with Crippen molar-refractivity contribution in [2.75, 3.05) is 0 Å². The number of halogens is 3. The van der Waals surface area contributed by atoms with Gasteiger partial charge < -0.3 is 4.74 Å². The van der Waals surface area contributed by atoms with Gasteiger partial charge in [0, 0.05) is 10.9 Å². The number of hydrogen-bond acceptors (Lipinski definition) is 1. The van der Waals surface area contributed by atoms with Crippen LogP contribution < -0.4 is 4.74 Å². The van der Waals surface area contributed by atoms with Crippen molar-refractivity contribution < 1.29 is 17.9 Å². The average Bonchev–Trinajstić information content (AvgIpc) is 2.83. The topological polar surface area (TPSA) is 9.23 Å². The first-order valence-corrected chi connectivity index (χ1v) is 12.3. The summed E-state index contributed by atoms with van der Waals surface area (Å²) in [4.78, 5) is 0. The minimum atomic E-state index is -2.87. The number of unbranched alkanes of at least 4 members (excludes halogenated alkanes) is 3. The molecule has 1 saturated carbocycles. The molecule has 0 radical (unpaired) electrons. The van der Waals surface area contributed by atoms with Crippen LogP contribution in [-0.4, -0.2) is 6.61 Å². The number of ether oxygens (including phenoxy) is 1. The van der Waals surface area contributed by atoms with Gasteiger partial charge in [0.25, 0.3) is 0 Å². The molecule has 1 nitrogen and oxygen atoms in total. The zero-order chi connectivity index (χ0) is 23.2. The Labute approximate surface area is 195 Å². The molecule has 1 fully saturated rings. The molecule has 0 spiro atoms. The molecule has 0 atom stereocenters. The van der Waals surface area contributed by atoms with Crippen LogP contribution in [0.1, 0.15) is 76.2 Å². The lowest BCUT2D eigenvalue weighted by molar-refractivity contribution is -0.0498. The van der Waals surface area contributed by atoms with Crippen LogP contribution in [0, 0.1) is 11.7 Å². The molecule has 0 aromatic heterocycles. The molecule has 4 rings (SSSR count). The summed E-state index contributed by atoms with van der Waals surface area (Å²) in [7, 11) is 0. The van der Waals surface area contributed by atoms with Crippen LogP contribution in [0.15, 0.2) is 54.6 Å². The molecule has 3 aromatic rings. The molecule has 33 heavy (non-hydrogen) atoms. The molecule has 0 unspecified atom stereocenters. The number of hydrogen-bond donors (Lipinski definition) is 0. The zero-order valence-corrected chi connectivity index (χ0v) is 19.3. The van der Waals surface area contributed by atoms with Gasteiger partial charge in [-0.15, -0.1) is 0 Å². The number of fused-ring (bicyclic) bond motifs is 1. The Hall–Kier alpha value is -2.49. The molecular weight excluding hydrogens is 421 g/mol. The van der Waals surface area contributed by atoms with Crippen molar-refractivity contribution in [1.29, 1.82) is 0 Å². The number of benzene rings is 3. The summed E-state index contributed by atoms with van der Waals surface area (Å²) < 4.78 is 44.4. The molecule has 1 aliphatic carbocycles. The predicted octanol–water partition coefficient (Wildman–Crippen LogP) is 9.49. The molecule has 4 heteroatoms. The van der Waals surface area contributed by atoms with Gasteiger partial charge in [-0.25, -0.2) is 4.39 Å². The van der Waals surface area contributed by atoms with Crippen LogP contribution in [-0.2, 0) is 0 Å². The fraction of sp³-hybridized carbons (Fsp3) is 0.448. The first kappa shape index (κ1) is 23.7. The van der Waals surface area contributed by atoms with Crippen LogP contribution >= 0.6 is 0 Å². The third-order valence-electron chi connectivity index (χ3n) is 7.15. The molecule has 3 aromatic carbocycles. The van der Waals surface area contributed by atoms with Gasteiger partial charge in [-0.2, -0.15) is 8.78 Å². The molecule has 0 bridgehead atoms. The zero-order valence-electron chi connectivity index (χ0n) is 19.3. The monoisotopic (exact) mass is 454 g/mol. The van der Waals surface area contributed by atoms with Gasteiger partial charge in [0.2, 0.25) is 0 Å². The second kappa shape index (κ2) is 11.1. The van der Waals surface area contributed by atoms with E-state index in [9.17, 15) is 8.78 Å². The Bertz CT molecular complexity index is 1040. The van der Waals surface area contributed by atoms with Crippen molar-refractivity contribution in [1.82, 2.24) is 0 Å². The highest BCUT2D eigenvalue weighted by Crippen LogP contribution is 2.39. The average molecular weight is 455 g/mol. The summed E-state index contributed by atoms with van der Waals surface area (Å²) in [6.07, 6.45) is 11.8. The number of alkyl halides is 2. The van der Waals surface area contributed by atoms with E-state index < -0.39 is 6.61 Å². The van der Waals surface area contributed by atoms with Crippen molar-refractivity contribution in [2.45, 2.75) is 77.2 Å². The van der Waals surface area contributed by atoms with Crippen molar-refractivity contribution >= 4 is 10.8 Å². The van der Waals surface area contributed by atoms with E-state index in [4.69, 9.17) is 0 Å². The minimum Gasteiger partial charge on any atom is -0.435 e. The summed E-state index contributed by atoms with van der Waals surface area (Å²) in [6.45, 7) is -0.615. The molecule has 176 valence electrons. The van der Waals surface area contributed by atoms with E-state index in [1.165, 1.54) is 75.5 Å². The quantitative estimate of drug-likeness (QED) is 0.293. The number of rotatable bonds is 9. The molecule has 0 N–H and O–H groups in total. The largest absolute Gasteiger partial charge is 0.435 e. The fourth-order valence-electron chi connectivity index (χ4n) is 5.25. The Balaban J connectivity index is 1.44. The lowest BCUT2D eigenvalue weighted by atomic mass is 9.76. The molecule has 0 saturated heterocycles. The van der Waals surface area contributed by atoms with Gasteiger partial charge in [-0.1, -0.05) is 81.5 Å². The van der Waals surface area contributed by atoms with Crippen molar-refractivity contribution in [2.24, 2.45) is 5.92 Å². The molecular formula is C29H33F3O. The van der Waals surface area contributed by atoms with Gasteiger partial charge in [0.15, 0.2) is 0 Å². The maximum Gasteiger partial charge on any atom is 0.387 e. The lowest BCUT2D eigenvalue weighted by Crippen LogP contribution is -2.13. The summed E-state index contributed by atoms with van der Waals surface area (Å²) in [5.74, 6) is 1.22. The lowest BCUT2D eigenvalue weighted by Gasteiger charge is -2.29. The summed E-state index contributed by atoms with van der Waals surface area (Å²) in [5.41, 5.74) is 2.41. The van der Waals surface area contributed by atoms with Gasteiger partial charge in [0.05, 0.1) is 0 Å². The van der Waals surface area contributed by atoms with Crippen LogP contribution in [0.5, 0.6) is 5.75 Å². The van der Waals surface area contributed by atoms with E-state index in [2.05, 4.69) is 23.8 Å². The van der Waals surface area contributed by atoms with E-state index in [0.717, 1.165) is 11.3 Å². The third kappa shape index (κ3) is 5.90. The van der Waals surface area contributed by atoms with Crippen LogP contribution in [0.3, 0.4) is 0 Å². The Kier molecular flexibility index (Phi) is 7.95. The second-order valence-electron chi connectivity index (χ2n) is 9.38. The minimum absolute atomic E-state index is 0.0651. The van der Waals surface area contributed by atoms with E-state index in [0.29, 0.717) is 22.4 Å². The maximum atomic E-state index is 15.3. The summed E-state index contributed by atoms with van der Waals surface area (Å²) in [6, 6.07) is 16.0. The highest BCUT2D eigenvalue weighted by atomic mass is 19.3. The molecule has 0 aliphatic heterocycles. The van der Waals surface area contributed by atoms with Crippen LogP contribution in [0.25, 0.3) is 21.9 Å². The Morgan fingerprint density at radius 3 is 2.33 bits per heavy atom. The van der Waals surface area contributed by atoms with E-state index in [1.54, 1.807) is 18.2 Å². The van der Waals surface area contributed by atoms with Gasteiger partial charge in [-0.3, -0.25) is 0 Å². The second-order valence-corrected chi connectivity index (χ2v) is 9.38. The van der Waals surface area contributed by atoms with E-state index in [-0.39, 0.29) is 11.6 Å². The van der Waals surface area contributed by atoms with Crippen molar-refractivity contribution in [3.63, 3.8) is 0 Å². The van der Waals surface area contributed by atoms with Gasteiger partial charge in [-0.05, 0) is 66.2 Å². The van der Waals surface area contributed by atoms with Crippen molar-refractivity contribution in [3.05, 3.63) is 66.0 Å². The Morgan fingerprint density at radius 1 is 0.879 bits per heavy atom. The smallest absolute Gasteiger partial charge is 0.387 e. The molecule has 0 heterocycles. The first-order valence-electron chi connectivity index (χ1n) is 12.3. The highest BCUT2D eigenvalue weighted by Gasteiger charge is 2.22. The predicted molar refractivity (Wildman–Crippen MR) is 129 cm³/mol. The van der Waals surface area contributed by atoms with Gasteiger partial charge >= 0.3 is 6.61 Å². The van der Waals surface area contributed by atoms with E-state index in [1.807, 2.05) is 12.1 Å². The maximum absolute atomic E-state index is 15.3. The van der Waals surface area contributed by atoms with Gasteiger partial charge in [0.1, 0.15) is 11.6 Å². The SMILES string of the molecule is CCCCCCC1CCC(c2ccc3c(F)c(-c4ccc(OC(F)F)cc4)ccc3c2)CC1. The summed E-state index contributed by atoms with van der Waals surface area (Å²) >= 11 is 0. The normalized spacial score (nSPS) is 18.7. The van der Waals surface area contributed by atoms with Crippen LogP contribution in [0.4, 0.5) is 13.2 Å². The standard InChI is InChI=1S/C29H33F3O/c1-2-3-4-5-6-20-7-9-21(10-8-20)23-13-17-27-24(19-23)14-18-26(28(27)30)22-11-15-25(16-12-22)33-29(31)32/h11-21,29H,2-10H2,1H3. The first-order chi connectivity index (χ1) is 16.0. The fourth-order valence-corrected chi connectivity index (χ4v) is 5.25. The van der Waals surface area contributed by atoms with Crippen LogP contribution in [0.2, 0.25) is 0 Å². The Morgan fingerprint density at radius 2 is 1.64 bits per heavy atom. The van der Waals surface area contributed by atoms with E-state index >= 15 is 4.39 Å². The highest BCUT2D eigenvalue weighted by molar-refractivity contribution is 5.89. The molecule has 0 amide bonds. The van der Waals surface area contributed by atoms with Crippen molar-refractivity contribution in [3.8, 4) is 16.9 Å². The summed E-state index contributed by atoms with van der Waals surface area (Å²) in [5, 5.41) is 1.50. The molecule has 1 aliphatic rings.